The minimum Gasteiger partial charge on any atom is -0.504 e. The van der Waals surface area contributed by atoms with Crippen molar-refractivity contribution < 1.29 is 15.1 Å². The van der Waals surface area contributed by atoms with Crippen LogP contribution in [0.1, 0.15) is 31.7 Å². The van der Waals surface area contributed by atoms with Gasteiger partial charge in [0.15, 0.2) is 11.5 Å². The summed E-state index contributed by atoms with van der Waals surface area (Å²) >= 11 is 0. The molecule has 1 rings (SSSR count). The summed E-state index contributed by atoms with van der Waals surface area (Å²) in [7, 11) is 0. The minimum absolute atomic E-state index is 0.133. The van der Waals surface area contributed by atoms with E-state index in [-0.39, 0.29) is 22.7 Å². The molecule has 1 aromatic rings. The molecule has 0 atom stereocenters. The van der Waals surface area contributed by atoms with E-state index in [1.807, 2.05) is 6.92 Å². The van der Waals surface area contributed by atoms with Gasteiger partial charge in [-0.3, -0.25) is 10.1 Å². The van der Waals surface area contributed by atoms with Crippen LogP contribution in [0.5, 0.6) is 11.5 Å². The van der Waals surface area contributed by atoms with Gasteiger partial charge in [-0.05, 0) is 18.9 Å². The SMILES string of the molecule is CCCCCc1c([N+](=O)[O-])ccc(O)c1O. The third-order valence-electron chi connectivity index (χ3n) is 2.46. The van der Waals surface area contributed by atoms with Gasteiger partial charge in [0.25, 0.3) is 5.69 Å². The van der Waals surface area contributed by atoms with Crippen LogP contribution in [0.4, 0.5) is 5.69 Å². The number of phenols is 2. The van der Waals surface area contributed by atoms with Crippen molar-refractivity contribution in [2.45, 2.75) is 32.6 Å². The topological polar surface area (TPSA) is 83.6 Å². The van der Waals surface area contributed by atoms with Crippen molar-refractivity contribution in [3.8, 4) is 11.5 Å². The summed E-state index contributed by atoms with van der Waals surface area (Å²) in [5.41, 5.74) is 0.0878. The second kappa shape index (κ2) is 5.34. The zero-order chi connectivity index (χ0) is 12.1. The molecule has 0 spiro atoms. The zero-order valence-corrected chi connectivity index (χ0v) is 9.14. The lowest BCUT2D eigenvalue weighted by molar-refractivity contribution is -0.385. The molecule has 0 unspecified atom stereocenters. The molecule has 0 amide bonds. The van der Waals surface area contributed by atoms with Gasteiger partial charge < -0.3 is 10.2 Å². The van der Waals surface area contributed by atoms with Gasteiger partial charge >= 0.3 is 0 Å². The Bertz CT molecular complexity index is 390. The number of nitrogens with zero attached hydrogens (tertiary/aromatic N) is 1. The van der Waals surface area contributed by atoms with E-state index in [0.29, 0.717) is 6.42 Å². The molecular weight excluding hydrogens is 210 g/mol. The minimum atomic E-state index is -0.541. The van der Waals surface area contributed by atoms with Crippen molar-refractivity contribution in [2.24, 2.45) is 0 Å². The van der Waals surface area contributed by atoms with Crippen molar-refractivity contribution >= 4 is 5.69 Å². The Morgan fingerprint density at radius 2 is 2.00 bits per heavy atom. The molecule has 88 valence electrons. The van der Waals surface area contributed by atoms with E-state index in [1.54, 1.807) is 0 Å². The number of hydrogen-bond acceptors (Lipinski definition) is 4. The van der Waals surface area contributed by atoms with E-state index in [9.17, 15) is 20.3 Å². The van der Waals surface area contributed by atoms with Crippen LogP contribution < -0.4 is 0 Å². The molecule has 1 aromatic carbocycles. The van der Waals surface area contributed by atoms with Crippen LogP contribution in [0, 0.1) is 10.1 Å². The van der Waals surface area contributed by atoms with Crippen molar-refractivity contribution in [3.05, 3.63) is 27.8 Å². The Morgan fingerprint density at radius 3 is 2.56 bits per heavy atom. The Balaban J connectivity index is 3.01. The monoisotopic (exact) mass is 225 g/mol. The molecule has 0 aliphatic rings. The Hall–Kier alpha value is -1.78. The van der Waals surface area contributed by atoms with Crippen molar-refractivity contribution in [1.29, 1.82) is 0 Å². The van der Waals surface area contributed by atoms with Crippen LogP contribution in [-0.2, 0) is 6.42 Å². The lowest BCUT2D eigenvalue weighted by Gasteiger charge is -2.06. The average molecular weight is 225 g/mol. The number of nitro benzene ring substituents is 1. The highest BCUT2D eigenvalue weighted by Crippen LogP contribution is 2.36. The summed E-state index contributed by atoms with van der Waals surface area (Å²) in [6.45, 7) is 2.02. The van der Waals surface area contributed by atoms with E-state index < -0.39 is 4.92 Å². The number of unbranched alkanes of at least 4 members (excludes halogenated alkanes) is 2. The fourth-order valence-electron chi connectivity index (χ4n) is 1.58. The normalized spacial score (nSPS) is 10.3. The second-order valence-electron chi connectivity index (χ2n) is 3.65. The smallest absolute Gasteiger partial charge is 0.276 e. The van der Waals surface area contributed by atoms with Crippen LogP contribution >= 0.6 is 0 Å². The van der Waals surface area contributed by atoms with Crippen molar-refractivity contribution in [3.63, 3.8) is 0 Å². The lowest BCUT2D eigenvalue weighted by atomic mass is 10.0. The Labute approximate surface area is 93.5 Å². The molecule has 5 heteroatoms. The van der Waals surface area contributed by atoms with Gasteiger partial charge in [0.05, 0.1) is 10.5 Å². The van der Waals surface area contributed by atoms with Crippen molar-refractivity contribution in [1.82, 2.24) is 0 Å². The molecule has 0 aliphatic carbocycles. The molecule has 2 N–H and O–H groups in total. The third-order valence-corrected chi connectivity index (χ3v) is 2.46. The van der Waals surface area contributed by atoms with E-state index in [4.69, 9.17) is 0 Å². The summed E-state index contributed by atoms with van der Waals surface area (Å²) in [5, 5.41) is 29.6. The summed E-state index contributed by atoms with van der Waals surface area (Å²) < 4.78 is 0. The first-order valence-corrected chi connectivity index (χ1v) is 5.26. The van der Waals surface area contributed by atoms with Crippen LogP contribution in [0.3, 0.4) is 0 Å². The first-order valence-electron chi connectivity index (χ1n) is 5.26. The summed E-state index contributed by atoms with van der Waals surface area (Å²) in [4.78, 5) is 10.2. The highest BCUT2D eigenvalue weighted by molar-refractivity contribution is 5.55. The van der Waals surface area contributed by atoms with Gasteiger partial charge in [0.1, 0.15) is 0 Å². The zero-order valence-electron chi connectivity index (χ0n) is 9.14. The molecule has 16 heavy (non-hydrogen) atoms. The number of hydrogen-bond donors (Lipinski definition) is 2. The number of benzene rings is 1. The van der Waals surface area contributed by atoms with E-state index >= 15 is 0 Å². The van der Waals surface area contributed by atoms with Crippen LogP contribution in [0.15, 0.2) is 12.1 Å². The van der Waals surface area contributed by atoms with Crippen LogP contribution in [0.2, 0.25) is 0 Å². The quantitative estimate of drug-likeness (QED) is 0.349. The highest BCUT2D eigenvalue weighted by Gasteiger charge is 2.19. The van der Waals surface area contributed by atoms with Gasteiger partial charge in [-0.25, -0.2) is 0 Å². The van der Waals surface area contributed by atoms with Gasteiger partial charge in [-0.1, -0.05) is 19.8 Å². The molecule has 0 aliphatic heterocycles. The standard InChI is InChI=1S/C11H15NO4/c1-2-3-4-5-8-9(12(15)16)6-7-10(13)11(8)14/h6-7,13-14H,2-5H2,1H3. The molecule has 0 bridgehead atoms. The highest BCUT2D eigenvalue weighted by atomic mass is 16.6. The van der Waals surface area contributed by atoms with Gasteiger partial charge in [0, 0.05) is 6.07 Å². The molecule has 0 radical (unpaired) electrons. The van der Waals surface area contributed by atoms with Gasteiger partial charge in [0.2, 0.25) is 0 Å². The number of rotatable bonds is 5. The maximum Gasteiger partial charge on any atom is 0.276 e. The maximum atomic E-state index is 10.7. The first-order chi connectivity index (χ1) is 7.57. The molecular formula is C11H15NO4. The molecule has 0 heterocycles. The molecule has 5 nitrogen and oxygen atoms in total. The number of nitro groups is 1. The van der Waals surface area contributed by atoms with E-state index in [2.05, 4.69) is 0 Å². The van der Waals surface area contributed by atoms with E-state index in [0.717, 1.165) is 25.3 Å². The maximum absolute atomic E-state index is 10.7. The summed E-state index contributed by atoms with van der Waals surface area (Å²) in [6.07, 6.45) is 3.10. The fourth-order valence-corrected chi connectivity index (χ4v) is 1.58. The van der Waals surface area contributed by atoms with Gasteiger partial charge in [-0.2, -0.15) is 0 Å². The second-order valence-corrected chi connectivity index (χ2v) is 3.65. The molecule has 0 saturated heterocycles. The Morgan fingerprint density at radius 1 is 1.31 bits per heavy atom. The predicted molar refractivity (Wildman–Crippen MR) is 59.7 cm³/mol. The van der Waals surface area contributed by atoms with Crippen molar-refractivity contribution in [2.75, 3.05) is 0 Å². The third kappa shape index (κ3) is 2.62. The summed E-state index contributed by atoms with van der Waals surface area (Å²) in [5.74, 6) is -0.678. The molecule has 0 saturated carbocycles. The molecule has 0 fully saturated rings. The lowest BCUT2D eigenvalue weighted by Crippen LogP contribution is -1.96. The Kier molecular flexibility index (Phi) is 4.10. The van der Waals surface area contributed by atoms with Crippen LogP contribution in [0.25, 0.3) is 0 Å². The fraction of sp³-hybridized carbons (Fsp3) is 0.455. The first kappa shape index (κ1) is 12.3. The largest absolute Gasteiger partial charge is 0.504 e. The predicted octanol–water partition coefficient (Wildman–Crippen LogP) is 2.74. The van der Waals surface area contributed by atoms with E-state index in [1.165, 1.54) is 6.07 Å². The number of phenolic OH excluding ortho intramolecular Hbond substituents is 2. The molecule has 0 aromatic heterocycles. The average Bonchev–Trinajstić information content (AvgIpc) is 2.24. The summed E-state index contributed by atoms with van der Waals surface area (Å²) in [6, 6.07) is 2.35. The van der Waals surface area contributed by atoms with Crippen LogP contribution in [-0.4, -0.2) is 15.1 Å². The number of aromatic hydroxyl groups is 2. The van der Waals surface area contributed by atoms with Gasteiger partial charge in [-0.15, -0.1) is 0 Å².